The first-order chi connectivity index (χ1) is 9.33. The molecule has 3 heteroatoms. The van der Waals surface area contributed by atoms with Crippen molar-refractivity contribution in [2.45, 2.75) is 45.4 Å². The molecule has 0 aliphatic carbocycles. The van der Waals surface area contributed by atoms with Gasteiger partial charge >= 0.3 is 0 Å². The Labute approximate surface area is 114 Å². The van der Waals surface area contributed by atoms with Crippen molar-refractivity contribution in [1.82, 2.24) is 0 Å². The summed E-state index contributed by atoms with van der Waals surface area (Å²) in [6, 6.07) is 2.25. The summed E-state index contributed by atoms with van der Waals surface area (Å²) in [5.74, 6) is 2.13. The minimum absolute atomic E-state index is 0.547. The van der Waals surface area contributed by atoms with Gasteiger partial charge in [0, 0.05) is 23.1 Å². The lowest BCUT2D eigenvalue weighted by Crippen LogP contribution is -2.18. The Morgan fingerprint density at radius 3 is 2.47 bits per heavy atom. The van der Waals surface area contributed by atoms with Crippen molar-refractivity contribution < 1.29 is 9.47 Å². The van der Waals surface area contributed by atoms with E-state index in [0.717, 1.165) is 56.8 Å². The van der Waals surface area contributed by atoms with Crippen molar-refractivity contribution in [3.8, 4) is 17.6 Å². The molecule has 0 N–H and O–H groups in total. The Kier molecular flexibility index (Phi) is 3.33. The number of rotatable bonds is 2. The van der Waals surface area contributed by atoms with Crippen LogP contribution in [0.2, 0.25) is 0 Å². The van der Waals surface area contributed by atoms with Crippen LogP contribution in [-0.2, 0) is 19.3 Å². The maximum absolute atomic E-state index is 8.87. The van der Waals surface area contributed by atoms with Crippen LogP contribution in [0.25, 0.3) is 0 Å². The normalized spacial score (nSPS) is 16.6. The zero-order valence-corrected chi connectivity index (χ0v) is 11.4. The third-order valence-corrected chi connectivity index (χ3v) is 4.10. The van der Waals surface area contributed by atoms with Crippen LogP contribution in [-0.4, -0.2) is 13.2 Å². The molecule has 19 heavy (non-hydrogen) atoms. The van der Waals surface area contributed by atoms with E-state index in [1.807, 2.05) is 0 Å². The maximum atomic E-state index is 8.87. The Balaban J connectivity index is 2.16. The van der Waals surface area contributed by atoms with Crippen molar-refractivity contribution in [2.75, 3.05) is 13.2 Å². The molecule has 0 atom stereocenters. The van der Waals surface area contributed by atoms with Crippen molar-refractivity contribution in [3.63, 3.8) is 0 Å². The standard InChI is InChI=1S/C16H19NO2/c1-11-12-6-3-10-19-16(12)14(5-2-8-17)13-7-4-9-18-15(11)13/h2-7,9-10H2,1H3. The minimum atomic E-state index is 0.547. The number of benzene rings is 1. The van der Waals surface area contributed by atoms with Crippen LogP contribution in [0.4, 0.5) is 0 Å². The molecule has 0 saturated heterocycles. The van der Waals surface area contributed by atoms with E-state index in [4.69, 9.17) is 14.7 Å². The topological polar surface area (TPSA) is 42.2 Å². The molecule has 0 saturated carbocycles. The smallest absolute Gasteiger partial charge is 0.126 e. The average molecular weight is 257 g/mol. The molecule has 0 unspecified atom stereocenters. The second-order valence-corrected chi connectivity index (χ2v) is 5.28. The average Bonchev–Trinajstić information content (AvgIpc) is 2.47. The summed E-state index contributed by atoms with van der Waals surface area (Å²) < 4.78 is 11.8. The first kappa shape index (κ1) is 12.3. The van der Waals surface area contributed by atoms with Gasteiger partial charge in [0.1, 0.15) is 11.5 Å². The highest BCUT2D eigenvalue weighted by Gasteiger charge is 2.26. The number of nitriles is 1. The molecule has 0 spiro atoms. The van der Waals surface area contributed by atoms with E-state index in [9.17, 15) is 0 Å². The van der Waals surface area contributed by atoms with Gasteiger partial charge < -0.3 is 9.47 Å². The Morgan fingerprint density at radius 1 is 1.05 bits per heavy atom. The quantitative estimate of drug-likeness (QED) is 0.817. The first-order valence-corrected chi connectivity index (χ1v) is 7.12. The van der Waals surface area contributed by atoms with Gasteiger partial charge in [0.05, 0.1) is 19.3 Å². The van der Waals surface area contributed by atoms with Gasteiger partial charge in [-0.3, -0.25) is 0 Å². The van der Waals surface area contributed by atoms with E-state index >= 15 is 0 Å². The molecule has 3 rings (SSSR count). The molecule has 3 nitrogen and oxygen atoms in total. The van der Waals surface area contributed by atoms with Gasteiger partial charge in [-0.2, -0.15) is 5.26 Å². The highest BCUT2D eigenvalue weighted by Crippen LogP contribution is 2.43. The van der Waals surface area contributed by atoms with Gasteiger partial charge in [-0.05, 0) is 44.6 Å². The third-order valence-electron chi connectivity index (χ3n) is 4.10. The largest absolute Gasteiger partial charge is 0.493 e. The summed E-state index contributed by atoms with van der Waals surface area (Å²) in [6.45, 7) is 3.75. The summed E-state index contributed by atoms with van der Waals surface area (Å²) in [5, 5.41) is 8.87. The van der Waals surface area contributed by atoms with Crippen LogP contribution >= 0.6 is 0 Å². The summed E-state index contributed by atoms with van der Waals surface area (Å²) in [7, 11) is 0. The third kappa shape index (κ3) is 2.06. The van der Waals surface area contributed by atoms with Gasteiger partial charge in [0.15, 0.2) is 0 Å². The summed E-state index contributed by atoms with van der Waals surface area (Å²) in [6.07, 6.45) is 5.58. The van der Waals surface area contributed by atoms with E-state index in [2.05, 4.69) is 13.0 Å². The Bertz CT molecular complexity index is 506. The lowest BCUT2D eigenvalue weighted by molar-refractivity contribution is 0.267. The van der Waals surface area contributed by atoms with Gasteiger partial charge in [0.2, 0.25) is 0 Å². The SMILES string of the molecule is Cc1c2c(c(CCC#N)c3c1OCCC3)OCCC2. The summed E-state index contributed by atoms with van der Waals surface area (Å²) in [4.78, 5) is 0. The van der Waals surface area contributed by atoms with Crippen molar-refractivity contribution in [3.05, 3.63) is 22.3 Å². The predicted molar refractivity (Wildman–Crippen MR) is 72.7 cm³/mol. The molecule has 2 heterocycles. The van der Waals surface area contributed by atoms with Crippen molar-refractivity contribution >= 4 is 0 Å². The van der Waals surface area contributed by atoms with Gasteiger partial charge in [-0.1, -0.05) is 0 Å². The molecule has 1 aromatic carbocycles. The number of fused-ring (bicyclic) bond motifs is 2. The fourth-order valence-corrected chi connectivity index (χ4v) is 3.22. The van der Waals surface area contributed by atoms with Gasteiger partial charge in [0.25, 0.3) is 0 Å². The van der Waals surface area contributed by atoms with Crippen LogP contribution in [0.1, 0.15) is 41.5 Å². The highest BCUT2D eigenvalue weighted by molar-refractivity contribution is 5.60. The van der Waals surface area contributed by atoms with E-state index in [1.54, 1.807) is 0 Å². The molecule has 2 aliphatic rings. The molecule has 0 amide bonds. The maximum Gasteiger partial charge on any atom is 0.126 e. The van der Waals surface area contributed by atoms with Crippen LogP contribution in [0.3, 0.4) is 0 Å². The van der Waals surface area contributed by atoms with E-state index in [-0.39, 0.29) is 0 Å². The molecule has 0 aromatic heterocycles. The van der Waals surface area contributed by atoms with Gasteiger partial charge in [-0.15, -0.1) is 0 Å². The summed E-state index contributed by atoms with van der Waals surface area (Å²) >= 11 is 0. The van der Waals surface area contributed by atoms with Crippen LogP contribution in [0, 0.1) is 18.3 Å². The molecule has 2 aliphatic heterocycles. The predicted octanol–water partition coefficient (Wildman–Crippen LogP) is 3.10. The zero-order valence-electron chi connectivity index (χ0n) is 11.4. The van der Waals surface area contributed by atoms with Crippen LogP contribution in [0.15, 0.2) is 0 Å². The molecule has 0 fully saturated rings. The van der Waals surface area contributed by atoms with E-state index in [0.29, 0.717) is 6.42 Å². The van der Waals surface area contributed by atoms with Crippen molar-refractivity contribution in [1.29, 1.82) is 5.26 Å². The number of nitrogens with zero attached hydrogens (tertiary/aromatic N) is 1. The first-order valence-electron chi connectivity index (χ1n) is 7.12. The van der Waals surface area contributed by atoms with E-state index < -0.39 is 0 Å². The van der Waals surface area contributed by atoms with Crippen molar-refractivity contribution in [2.24, 2.45) is 0 Å². The zero-order chi connectivity index (χ0) is 13.2. The molecular weight excluding hydrogens is 238 g/mol. The lowest BCUT2D eigenvalue weighted by atomic mass is 9.87. The highest BCUT2D eigenvalue weighted by atomic mass is 16.5. The Hall–Kier alpha value is -1.69. The fourth-order valence-electron chi connectivity index (χ4n) is 3.22. The molecule has 100 valence electrons. The monoisotopic (exact) mass is 257 g/mol. The second-order valence-electron chi connectivity index (χ2n) is 5.28. The molecule has 0 radical (unpaired) electrons. The Morgan fingerprint density at radius 2 is 1.74 bits per heavy atom. The minimum Gasteiger partial charge on any atom is -0.493 e. The molecule has 0 bridgehead atoms. The van der Waals surface area contributed by atoms with E-state index in [1.165, 1.54) is 22.3 Å². The van der Waals surface area contributed by atoms with Crippen LogP contribution < -0.4 is 9.47 Å². The number of hydrogen-bond donors (Lipinski definition) is 0. The number of hydrogen-bond acceptors (Lipinski definition) is 3. The fraction of sp³-hybridized carbons (Fsp3) is 0.562. The lowest BCUT2D eigenvalue weighted by Gasteiger charge is -2.29. The van der Waals surface area contributed by atoms with Gasteiger partial charge in [-0.25, -0.2) is 0 Å². The number of ether oxygens (including phenoxy) is 2. The second kappa shape index (κ2) is 5.13. The molecule has 1 aromatic rings. The van der Waals surface area contributed by atoms with Crippen LogP contribution in [0.5, 0.6) is 11.5 Å². The molecular formula is C16H19NO2. The summed E-state index contributed by atoms with van der Waals surface area (Å²) in [5.41, 5.74) is 5.08.